The maximum absolute atomic E-state index is 13.0. The summed E-state index contributed by atoms with van der Waals surface area (Å²) in [5.41, 5.74) is 1.60. The minimum Gasteiger partial charge on any atom is -0.463 e. The summed E-state index contributed by atoms with van der Waals surface area (Å²) >= 11 is 12.2. The van der Waals surface area contributed by atoms with Gasteiger partial charge < -0.3 is 15.0 Å². The smallest absolute Gasteiger partial charge is 0.349 e. The van der Waals surface area contributed by atoms with E-state index in [1.165, 1.54) is 11.0 Å². The number of fused-ring (bicyclic) bond motifs is 1. The molecular formula is C18H16Cl2N2O3. The van der Waals surface area contributed by atoms with Crippen LogP contribution in [-0.2, 0) is 16.1 Å². The second kappa shape index (κ2) is 7.33. The van der Waals surface area contributed by atoms with Crippen molar-refractivity contribution >= 4 is 40.8 Å². The molecule has 130 valence electrons. The number of amides is 1. The number of carbonyl (C=O) groups excluding carboxylic acids is 2. The second-order valence-corrected chi connectivity index (χ2v) is 6.37. The number of halogens is 2. The number of hydrogen-bond donors (Lipinski definition) is 1. The highest BCUT2D eigenvalue weighted by molar-refractivity contribution is 6.38. The molecule has 0 aliphatic carbocycles. The number of nitrogens with zero attached hydrogens (tertiary/aromatic N) is 1. The van der Waals surface area contributed by atoms with Gasteiger partial charge in [0.05, 0.1) is 22.9 Å². The van der Waals surface area contributed by atoms with Gasteiger partial charge in [-0.1, -0.05) is 53.5 Å². The molecule has 0 aromatic heterocycles. The van der Waals surface area contributed by atoms with Crippen molar-refractivity contribution in [3.63, 3.8) is 0 Å². The van der Waals surface area contributed by atoms with E-state index in [1.807, 2.05) is 30.3 Å². The van der Waals surface area contributed by atoms with Crippen LogP contribution in [0.25, 0.3) is 0 Å². The summed E-state index contributed by atoms with van der Waals surface area (Å²) in [7, 11) is 0. The molecule has 0 saturated heterocycles. The average molecular weight is 379 g/mol. The number of carbonyl (C=O) groups is 2. The van der Waals surface area contributed by atoms with Gasteiger partial charge >= 0.3 is 5.97 Å². The molecular weight excluding hydrogens is 363 g/mol. The topological polar surface area (TPSA) is 58.6 Å². The third-order valence-corrected chi connectivity index (χ3v) is 4.36. The minimum absolute atomic E-state index is 0.216. The van der Waals surface area contributed by atoms with Crippen LogP contribution in [0, 0.1) is 0 Å². The van der Waals surface area contributed by atoms with Gasteiger partial charge in [0.1, 0.15) is 0 Å². The van der Waals surface area contributed by atoms with Crippen molar-refractivity contribution in [3.05, 3.63) is 63.6 Å². The van der Waals surface area contributed by atoms with Crippen molar-refractivity contribution in [2.24, 2.45) is 0 Å². The summed E-state index contributed by atoms with van der Waals surface area (Å²) in [6.45, 7) is 2.17. The highest BCUT2D eigenvalue weighted by atomic mass is 35.5. The Bertz CT molecular complexity index is 811. The predicted molar refractivity (Wildman–Crippen MR) is 96.8 cm³/mol. The first-order chi connectivity index (χ1) is 12.0. The molecule has 0 radical (unpaired) electrons. The van der Waals surface area contributed by atoms with Crippen LogP contribution in [0.15, 0.2) is 42.5 Å². The molecule has 2 aromatic rings. The van der Waals surface area contributed by atoms with E-state index in [0.717, 1.165) is 5.56 Å². The van der Waals surface area contributed by atoms with Crippen LogP contribution < -0.4 is 5.32 Å². The fourth-order valence-electron chi connectivity index (χ4n) is 2.74. The van der Waals surface area contributed by atoms with Gasteiger partial charge in [0.25, 0.3) is 5.91 Å². The Hall–Kier alpha value is -2.24. The Morgan fingerprint density at radius 1 is 1.24 bits per heavy atom. The number of benzene rings is 2. The maximum atomic E-state index is 13.0. The van der Waals surface area contributed by atoms with Crippen LogP contribution in [0.4, 0.5) is 5.69 Å². The van der Waals surface area contributed by atoms with E-state index >= 15 is 0 Å². The van der Waals surface area contributed by atoms with Crippen molar-refractivity contribution < 1.29 is 14.3 Å². The Kier molecular flexibility index (Phi) is 5.16. The molecule has 1 N–H and O–H groups in total. The highest BCUT2D eigenvalue weighted by Crippen LogP contribution is 2.35. The highest BCUT2D eigenvalue weighted by Gasteiger charge is 2.38. The molecule has 0 bridgehead atoms. The van der Waals surface area contributed by atoms with E-state index in [1.54, 1.807) is 13.0 Å². The van der Waals surface area contributed by atoms with Crippen LogP contribution in [-0.4, -0.2) is 29.5 Å². The van der Waals surface area contributed by atoms with Gasteiger partial charge in [-0.3, -0.25) is 4.79 Å². The Morgan fingerprint density at radius 3 is 2.64 bits per heavy atom. The van der Waals surface area contributed by atoms with Gasteiger partial charge in [0.15, 0.2) is 0 Å². The minimum atomic E-state index is -0.949. The monoisotopic (exact) mass is 378 g/mol. The Labute approximate surface area is 155 Å². The van der Waals surface area contributed by atoms with Gasteiger partial charge in [-0.15, -0.1) is 0 Å². The standard InChI is InChI=1S/C18H16Cl2N2O3/c1-2-25-18(24)16-21-14-9-12(19)8-13(20)15(14)17(23)22(16)10-11-6-4-3-5-7-11/h3-9,16,21H,2,10H2,1H3. The van der Waals surface area contributed by atoms with Crippen LogP contribution >= 0.6 is 23.2 Å². The number of ether oxygens (including phenoxy) is 1. The predicted octanol–water partition coefficient (Wildman–Crippen LogP) is 3.95. The largest absolute Gasteiger partial charge is 0.463 e. The van der Waals surface area contributed by atoms with E-state index in [-0.39, 0.29) is 24.1 Å². The molecule has 0 fully saturated rings. The molecule has 7 heteroatoms. The maximum Gasteiger partial charge on any atom is 0.349 e. The number of nitrogens with one attached hydrogen (secondary N) is 1. The van der Waals surface area contributed by atoms with E-state index in [0.29, 0.717) is 16.3 Å². The summed E-state index contributed by atoms with van der Waals surface area (Å²) in [6.07, 6.45) is -0.949. The third kappa shape index (κ3) is 3.57. The van der Waals surface area contributed by atoms with E-state index in [4.69, 9.17) is 27.9 Å². The van der Waals surface area contributed by atoms with Crippen LogP contribution in [0.3, 0.4) is 0 Å². The lowest BCUT2D eigenvalue weighted by Gasteiger charge is -2.36. The number of esters is 1. The first-order valence-corrected chi connectivity index (χ1v) is 8.54. The molecule has 25 heavy (non-hydrogen) atoms. The summed E-state index contributed by atoms with van der Waals surface area (Å²) in [5.74, 6) is -0.883. The first-order valence-electron chi connectivity index (χ1n) is 7.78. The zero-order valence-electron chi connectivity index (χ0n) is 13.5. The van der Waals surface area contributed by atoms with Crippen molar-refractivity contribution in [2.75, 3.05) is 11.9 Å². The number of rotatable bonds is 4. The molecule has 1 amide bonds. The van der Waals surface area contributed by atoms with Crippen molar-refractivity contribution in [1.82, 2.24) is 4.90 Å². The Morgan fingerprint density at radius 2 is 1.96 bits per heavy atom. The average Bonchev–Trinajstić information content (AvgIpc) is 2.57. The Balaban J connectivity index is 2.02. The zero-order chi connectivity index (χ0) is 18.0. The normalized spacial score (nSPS) is 16.2. The molecule has 1 unspecified atom stereocenters. The van der Waals surface area contributed by atoms with E-state index < -0.39 is 12.1 Å². The summed E-state index contributed by atoms with van der Waals surface area (Å²) in [4.78, 5) is 26.8. The van der Waals surface area contributed by atoms with Crippen LogP contribution in [0.2, 0.25) is 10.0 Å². The van der Waals surface area contributed by atoms with Crippen molar-refractivity contribution in [2.45, 2.75) is 19.6 Å². The molecule has 1 heterocycles. The van der Waals surface area contributed by atoms with E-state index in [9.17, 15) is 9.59 Å². The lowest BCUT2D eigenvalue weighted by Crippen LogP contribution is -2.53. The molecule has 3 rings (SSSR count). The first kappa shape index (κ1) is 17.6. The molecule has 1 aliphatic rings. The van der Waals surface area contributed by atoms with Gasteiger partial charge in [0, 0.05) is 11.6 Å². The summed E-state index contributed by atoms with van der Waals surface area (Å²) in [5, 5.41) is 3.64. The van der Waals surface area contributed by atoms with Crippen LogP contribution in [0.1, 0.15) is 22.8 Å². The van der Waals surface area contributed by atoms with Crippen molar-refractivity contribution in [3.8, 4) is 0 Å². The quantitative estimate of drug-likeness (QED) is 0.818. The lowest BCUT2D eigenvalue weighted by atomic mass is 10.1. The van der Waals surface area contributed by atoms with Gasteiger partial charge in [-0.2, -0.15) is 0 Å². The van der Waals surface area contributed by atoms with Gasteiger partial charge in [-0.25, -0.2) is 4.79 Å². The molecule has 5 nitrogen and oxygen atoms in total. The lowest BCUT2D eigenvalue weighted by molar-refractivity contribution is -0.147. The van der Waals surface area contributed by atoms with E-state index in [2.05, 4.69) is 5.32 Å². The second-order valence-electron chi connectivity index (χ2n) is 5.53. The molecule has 1 atom stereocenters. The summed E-state index contributed by atoms with van der Waals surface area (Å²) in [6, 6.07) is 12.5. The van der Waals surface area contributed by atoms with Gasteiger partial charge in [-0.05, 0) is 24.6 Å². The molecule has 0 spiro atoms. The van der Waals surface area contributed by atoms with Crippen molar-refractivity contribution in [1.29, 1.82) is 0 Å². The third-order valence-electron chi connectivity index (χ3n) is 3.84. The number of hydrogen-bond acceptors (Lipinski definition) is 4. The fourth-order valence-corrected chi connectivity index (χ4v) is 3.32. The SMILES string of the molecule is CCOC(=O)C1Nc2cc(Cl)cc(Cl)c2C(=O)N1Cc1ccccc1. The zero-order valence-corrected chi connectivity index (χ0v) is 15.0. The fraction of sp³-hybridized carbons (Fsp3) is 0.222. The summed E-state index contributed by atoms with van der Waals surface area (Å²) < 4.78 is 5.11. The van der Waals surface area contributed by atoms with Crippen LogP contribution in [0.5, 0.6) is 0 Å². The molecule has 1 aliphatic heterocycles. The molecule has 0 saturated carbocycles. The van der Waals surface area contributed by atoms with Gasteiger partial charge in [0.2, 0.25) is 6.17 Å². The molecule has 2 aromatic carbocycles. The number of anilines is 1.